The summed E-state index contributed by atoms with van der Waals surface area (Å²) in [7, 11) is 0. The quantitative estimate of drug-likeness (QED) is 0.186. The Balaban J connectivity index is 1.26. The molecule has 1 heteroatoms. The highest BCUT2D eigenvalue weighted by Crippen LogP contribution is 2.49. The van der Waals surface area contributed by atoms with Crippen LogP contribution in [0.5, 0.6) is 0 Å². The third-order valence-corrected chi connectivity index (χ3v) is 11.4. The molecule has 1 nitrogen and oxygen atoms in total. The minimum Gasteiger partial charge on any atom is -0.308 e. The molecule has 8 aromatic rings. The molecule has 0 N–H and O–H groups in total. The number of nitrogens with zero attached hydrogens (tertiary/aromatic N) is 1. The number of aromatic nitrogens is 1. The van der Waals surface area contributed by atoms with Crippen LogP contribution in [-0.4, -0.2) is 4.40 Å². The molecule has 2 aromatic heterocycles. The molecule has 2 bridgehead atoms. The van der Waals surface area contributed by atoms with E-state index in [4.69, 9.17) is 0 Å². The summed E-state index contributed by atoms with van der Waals surface area (Å²) in [6.07, 6.45) is 11.4. The summed E-state index contributed by atoms with van der Waals surface area (Å²) in [5.41, 5.74) is 19.1. The number of rotatable bonds is 3. The van der Waals surface area contributed by atoms with Crippen LogP contribution in [0, 0.1) is 6.92 Å². The van der Waals surface area contributed by atoms with Crippen LogP contribution in [0.4, 0.5) is 0 Å². The van der Waals surface area contributed by atoms with Gasteiger partial charge in [-0.15, -0.1) is 0 Å². The Hall–Kier alpha value is -5.40. The van der Waals surface area contributed by atoms with Gasteiger partial charge in [-0.05, 0) is 118 Å². The first-order valence-corrected chi connectivity index (χ1v) is 17.6. The van der Waals surface area contributed by atoms with Crippen molar-refractivity contribution in [3.05, 3.63) is 156 Å². The van der Waals surface area contributed by atoms with Crippen molar-refractivity contribution in [1.82, 2.24) is 4.40 Å². The van der Waals surface area contributed by atoms with E-state index in [0.29, 0.717) is 5.92 Å². The van der Waals surface area contributed by atoms with Crippen molar-refractivity contribution < 1.29 is 0 Å². The largest absolute Gasteiger partial charge is 0.308 e. The molecule has 6 aromatic carbocycles. The molecular weight excluding hydrogens is 579 g/mol. The zero-order chi connectivity index (χ0) is 31.9. The summed E-state index contributed by atoms with van der Waals surface area (Å²) in [5.74, 6) is 0.369. The average Bonchev–Trinajstić information content (AvgIpc) is 3.67. The Bertz CT molecular complexity index is 2640. The van der Waals surface area contributed by atoms with Crippen molar-refractivity contribution in [2.45, 2.75) is 45.4 Å². The minimum absolute atomic E-state index is 0.369. The number of hydrogen-bond acceptors (Lipinski definition) is 0. The van der Waals surface area contributed by atoms with Crippen LogP contribution in [-0.2, 0) is 6.42 Å². The fraction of sp³-hybridized carbons (Fsp3) is 0.149. The smallest absolute Gasteiger partial charge is 0.0626 e. The highest BCUT2D eigenvalue weighted by molar-refractivity contribution is 6.27. The van der Waals surface area contributed by atoms with Gasteiger partial charge in [0.2, 0.25) is 0 Å². The maximum Gasteiger partial charge on any atom is 0.0626 e. The van der Waals surface area contributed by atoms with E-state index < -0.39 is 0 Å². The molecule has 2 heterocycles. The van der Waals surface area contributed by atoms with Gasteiger partial charge in [-0.25, -0.2) is 0 Å². The monoisotopic (exact) mass is 615 g/mol. The van der Waals surface area contributed by atoms with Crippen LogP contribution in [0.25, 0.3) is 77.0 Å². The maximum atomic E-state index is 2.51. The lowest BCUT2D eigenvalue weighted by molar-refractivity contribution is 0.664. The normalized spacial score (nSPS) is 15.8. The van der Waals surface area contributed by atoms with Crippen molar-refractivity contribution >= 4 is 43.7 Å². The lowest BCUT2D eigenvalue weighted by atomic mass is 9.79. The van der Waals surface area contributed by atoms with Gasteiger partial charge in [0.05, 0.1) is 16.6 Å². The second-order valence-corrected chi connectivity index (χ2v) is 13.8. The van der Waals surface area contributed by atoms with Gasteiger partial charge in [0.25, 0.3) is 0 Å². The summed E-state index contributed by atoms with van der Waals surface area (Å²) < 4.78 is 2.51. The molecule has 10 rings (SSSR count). The maximum absolute atomic E-state index is 2.51. The van der Waals surface area contributed by atoms with Gasteiger partial charge in [-0.2, -0.15) is 0 Å². The standard InChI is InChI=1S/C47H37N/c1-3-30-27-33-24-23-32(31-13-5-4-6-14-31)28-42(33)35-18-11-17-34(29(35)2)37-19-12-20-38(45(30)37)39-25-26-40-36-15-7-9-21-43(36)48-44-22-10-8-16-41(44)46(39)47(40)48/h5,7-26,28,30H,3-4,6,27H2,1-2H3. The number of benzene rings is 6. The molecule has 0 fully saturated rings. The van der Waals surface area contributed by atoms with Crippen LogP contribution in [0.15, 0.2) is 133 Å². The van der Waals surface area contributed by atoms with Gasteiger partial charge in [0, 0.05) is 21.5 Å². The zero-order valence-corrected chi connectivity index (χ0v) is 27.6. The second kappa shape index (κ2) is 10.6. The first-order valence-electron chi connectivity index (χ1n) is 17.6. The third-order valence-electron chi connectivity index (χ3n) is 11.4. The topological polar surface area (TPSA) is 4.41 Å². The molecule has 1 unspecified atom stereocenters. The van der Waals surface area contributed by atoms with Gasteiger partial charge >= 0.3 is 0 Å². The number of fused-ring (bicyclic) bond motifs is 12. The molecule has 0 saturated carbocycles. The molecule has 1 atom stereocenters. The molecule has 0 radical (unpaired) electrons. The Labute approximate surface area is 281 Å². The van der Waals surface area contributed by atoms with Crippen molar-refractivity contribution in [3.8, 4) is 33.4 Å². The van der Waals surface area contributed by atoms with E-state index in [1.165, 1.54) is 99.3 Å². The lowest BCUT2D eigenvalue weighted by Gasteiger charge is -2.24. The van der Waals surface area contributed by atoms with Gasteiger partial charge in [0.15, 0.2) is 0 Å². The molecule has 0 saturated heterocycles. The molecule has 0 spiro atoms. The zero-order valence-electron chi connectivity index (χ0n) is 27.6. The van der Waals surface area contributed by atoms with Crippen molar-refractivity contribution in [3.63, 3.8) is 0 Å². The van der Waals surface area contributed by atoms with E-state index in [2.05, 4.69) is 152 Å². The van der Waals surface area contributed by atoms with Gasteiger partial charge in [0.1, 0.15) is 0 Å². The molecular formula is C47H37N. The molecule has 0 amide bonds. The average molecular weight is 616 g/mol. The van der Waals surface area contributed by atoms with E-state index in [-0.39, 0.29) is 0 Å². The van der Waals surface area contributed by atoms with E-state index >= 15 is 0 Å². The van der Waals surface area contributed by atoms with Crippen LogP contribution in [0.2, 0.25) is 0 Å². The van der Waals surface area contributed by atoms with Crippen molar-refractivity contribution in [2.24, 2.45) is 0 Å². The van der Waals surface area contributed by atoms with Crippen LogP contribution < -0.4 is 0 Å². The van der Waals surface area contributed by atoms with Crippen LogP contribution in [0.1, 0.15) is 54.4 Å². The fourth-order valence-corrected chi connectivity index (χ4v) is 9.11. The van der Waals surface area contributed by atoms with E-state index in [9.17, 15) is 0 Å². The lowest BCUT2D eigenvalue weighted by Crippen LogP contribution is -2.07. The SMILES string of the molecule is CCC1Cc2ccc(C3=CCCC=C3)cc2-c2cccc(c2C)-c2cccc(-c3ccc4c5ccccc5n5c6ccccc6c3c45)c21. The van der Waals surface area contributed by atoms with Crippen LogP contribution >= 0.6 is 0 Å². The first-order chi connectivity index (χ1) is 23.7. The highest BCUT2D eigenvalue weighted by atomic mass is 14.9. The van der Waals surface area contributed by atoms with Crippen molar-refractivity contribution in [2.75, 3.05) is 0 Å². The molecule has 48 heavy (non-hydrogen) atoms. The second-order valence-electron chi connectivity index (χ2n) is 13.8. The van der Waals surface area contributed by atoms with Gasteiger partial charge < -0.3 is 4.40 Å². The highest BCUT2D eigenvalue weighted by Gasteiger charge is 2.28. The summed E-state index contributed by atoms with van der Waals surface area (Å²) in [5, 5.41) is 5.35. The number of para-hydroxylation sites is 2. The van der Waals surface area contributed by atoms with E-state index in [0.717, 1.165) is 25.7 Å². The Morgan fingerprint density at radius 1 is 0.625 bits per heavy atom. The van der Waals surface area contributed by atoms with Gasteiger partial charge in [-0.1, -0.05) is 122 Å². The molecule has 2 aliphatic rings. The number of allylic oxidation sites excluding steroid dienone is 4. The summed E-state index contributed by atoms with van der Waals surface area (Å²) in [4.78, 5) is 0. The van der Waals surface area contributed by atoms with Gasteiger partial charge in [-0.3, -0.25) is 0 Å². The molecule has 0 aliphatic heterocycles. The summed E-state index contributed by atoms with van der Waals surface area (Å²) in [6.45, 7) is 4.72. The van der Waals surface area contributed by atoms with E-state index in [1.807, 2.05) is 0 Å². The summed E-state index contributed by atoms with van der Waals surface area (Å²) in [6, 6.07) is 44.0. The summed E-state index contributed by atoms with van der Waals surface area (Å²) >= 11 is 0. The predicted octanol–water partition coefficient (Wildman–Crippen LogP) is 12.9. The third kappa shape index (κ3) is 3.85. The van der Waals surface area contributed by atoms with Crippen molar-refractivity contribution in [1.29, 1.82) is 0 Å². The fourth-order valence-electron chi connectivity index (χ4n) is 9.11. The molecule has 2 aliphatic carbocycles. The Kier molecular flexibility index (Phi) is 6.09. The van der Waals surface area contributed by atoms with E-state index in [1.54, 1.807) is 0 Å². The predicted molar refractivity (Wildman–Crippen MR) is 205 cm³/mol. The number of hydrogen-bond donors (Lipinski definition) is 0. The molecule has 230 valence electrons. The Morgan fingerprint density at radius 3 is 2.10 bits per heavy atom. The van der Waals surface area contributed by atoms with Crippen LogP contribution in [0.3, 0.4) is 0 Å². The Morgan fingerprint density at radius 2 is 1.33 bits per heavy atom. The first kappa shape index (κ1) is 27.7. The minimum atomic E-state index is 0.369.